The predicted octanol–water partition coefficient (Wildman–Crippen LogP) is -0.341. The maximum Gasteiger partial charge on any atom is 0.320 e. The Balaban J connectivity index is -0.000000125. The Hall–Kier alpha value is -1.06. The summed E-state index contributed by atoms with van der Waals surface area (Å²) in [5.74, 6) is -1.97. The second-order valence-electron chi connectivity index (χ2n) is 2.82. The number of rotatable bonds is 4. The van der Waals surface area contributed by atoms with E-state index in [9.17, 15) is 9.59 Å². The second-order valence-corrected chi connectivity index (χ2v) is 2.82. The highest BCUT2D eigenvalue weighted by Crippen LogP contribution is 1.95. The zero-order valence-electron chi connectivity index (χ0n) is 9.68. The maximum absolute atomic E-state index is 10.3. The summed E-state index contributed by atoms with van der Waals surface area (Å²) in [5, 5.41) is 16.0. The highest BCUT2D eigenvalue weighted by molar-refractivity contribution is 5.86. The van der Waals surface area contributed by atoms with Gasteiger partial charge in [-0.1, -0.05) is 0 Å². The summed E-state index contributed by atoms with van der Waals surface area (Å²) in [6.45, 7) is -0.278. The smallest absolute Gasteiger partial charge is 0.320 e. The molecule has 0 amide bonds. The van der Waals surface area contributed by atoms with Gasteiger partial charge in [0.25, 0.3) is 0 Å². The van der Waals surface area contributed by atoms with Crippen LogP contribution in [0.4, 0.5) is 0 Å². The summed E-state index contributed by atoms with van der Waals surface area (Å²) in [6, 6.07) is -0.851. The van der Waals surface area contributed by atoms with Crippen LogP contribution in [0, 0.1) is 0 Å². The summed E-state index contributed by atoms with van der Waals surface area (Å²) < 4.78 is 0. The molecule has 0 unspecified atom stereocenters. The van der Waals surface area contributed by atoms with E-state index in [1.807, 2.05) is 0 Å². The number of aromatic amines is 1. The van der Waals surface area contributed by atoms with Gasteiger partial charge in [-0.3, -0.25) is 9.59 Å². The third-order valence-corrected chi connectivity index (χ3v) is 1.49. The molecule has 0 radical (unpaired) electrons. The summed E-state index contributed by atoms with van der Waals surface area (Å²) in [6.07, 6.45) is 3.34. The van der Waals surface area contributed by atoms with E-state index in [1.165, 1.54) is 6.33 Å². The molecule has 19 heavy (non-hydrogen) atoms. The van der Waals surface area contributed by atoms with Crippen LogP contribution in [-0.4, -0.2) is 44.7 Å². The van der Waals surface area contributed by atoms with Crippen molar-refractivity contribution in [1.29, 1.82) is 0 Å². The first-order valence-corrected chi connectivity index (χ1v) is 4.34. The van der Waals surface area contributed by atoms with Crippen molar-refractivity contribution in [3.8, 4) is 0 Å². The zero-order valence-corrected chi connectivity index (χ0v) is 12.1. The molecule has 1 atom stereocenters. The van der Waals surface area contributed by atoms with Gasteiger partial charge in [0.1, 0.15) is 6.04 Å². The molecule has 11 heteroatoms. The maximum atomic E-state index is 10.3. The molecule has 0 spiro atoms. The van der Waals surface area contributed by atoms with Gasteiger partial charge in [-0.15, -0.1) is 37.2 Å². The molecule has 0 bridgehead atoms. The normalized spacial score (nSPS) is 9.37. The summed E-state index contributed by atoms with van der Waals surface area (Å²) in [7, 11) is 0. The quantitative estimate of drug-likeness (QED) is 0.502. The number of hydrogen-bond donors (Lipinski definition) is 5. The van der Waals surface area contributed by atoms with E-state index < -0.39 is 18.0 Å². The number of halogens is 3. The first-order valence-electron chi connectivity index (χ1n) is 4.34. The van der Waals surface area contributed by atoms with E-state index in [0.717, 1.165) is 5.69 Å². The molecule has 114 valence electrons. The van der Waals surface area contributed by atoms with Gasteiger partial charge in [0.15, 0.2) is 0 Å². The summed E-state index contributed by atoms with van der Waals surface area (Å²) in [5.41, 5.74) is 10.6. The van der Waals surface area contributed by atoms with Gasteiger partial charge in [-0.05, 0) is 0 Å². The molecule has 0 saturated carbocycles. The Labute approximate surface area is 128 Å². The van der Waals surface area contributed by atoms with Crippen molar-refractivity contribution in [3.05, 3.63) is 18.2 Å². The van der Waals surface area contributed by atoms with E-state index in [4.69, 9.17) is 15.9 Å². The van der Waals surface area contributed by atoms with Crippen LogP contribution in [-0.2, 0) is 16.0 Å². The van der Waals surface area contributed by atoms with Crippen LogP contribution in [0.2, 0.25) is 0 Å². The molecule has 0 aromatic carbocycles. The molecule has 1 rings (SSSR count). The van der Waals surface area contributed by atoms with Crippen molar-refractivity contribution in [2.45, 2.75) is 12.5 Å². The molecule has 0 aliphatic rings. The van der Waals surface area contributed by atoms with Crippen LogP contribution in [0.5, 0.6) is 0 Å². The highest BCUT2D eigenvalue weighted by Gasteiger charge is 2.11. The van der Waals surface area contributed by atoms with Crippen molar-refractivity contribution >= 4 is 49.2 Å². The highest BCUT2D eigenvalue weighted by atomic mass is 35.5. The number of nitrogens with zero attached hydrogens (tertiary/aromatic N) is 1. The lowest BCUT2D eigenvalue weighted by molar-refractivity contribution is -0.138. The fourth-order valence-corrected chi connectivity index (χ4v) is 0.721. The fourth-order valence-electron chi connectivity index (χ4n) is 0.721. The van der Waals surface area contributed by atoms with E-state index in [1.54, 1.807) is 6.20 Å². The van der Waals surface area contributed by atoms with E-state index in [0.29, 0.717) is 0 Å². The molecule has 7 N–H and O–H groups in total. The minimum Gasteiger partial charge on any atom is -0.480 e. The van der Waals surface area contributed by atoms with Gasteiger partial charge in [0, 0.05) is 18.3 Å². The van der Waals surface area contributed by atoms with Crippen molar-refractivity contribution in [2.24, 2.45) is 11.5 Å². The number of hydrogen-bond acceptors (Lipinski definition) is 5. The lowest BCUT2D eigenvalue weighted by atomic mass is 10.2. The number of aliphatic carboxylic acids is 2. The Morgan fingerprint density at radius 3 is 2.05 bits per heavy atom. The largest absolute Gasteiger partial charge is 0.480 e. The van der Waals surface area contributed by atoms with Gasteiger partial charge in [0.2, 0.25) is 0 Å². The summed E-state index contributed by atoms with van der Waals surface area (Å²) in [4.78, 5) is 26.0. The van der Waals surface area contributed by atoms with Crippen LogP contribution in [0.25, 0.3) is 0 Å². The molecular formula is C8H17Cl3N4O4. The number of carbonyl (C=O) groups is 2. The number of aromatic nitrogens is 2. The number of nitrogens with two attached hydrogens (primary N) is 2. The predicted molar refractivity (Wildman–Crippen MR) is 76.3 cm³/mol. The van der Waals surface area contributed by atoms with Crippen LogP contribution in [0.3, 0.4) is 0 Å². The first kappa shape index (κ1) is 26.5. The minimum atomic E-state index is -1.00. The zero-order chi connectivity index (χ0) is 12.6. The van der Waals surface area contributed by atoms with Gasteiger partial charge in [-0.2, -0.15) is 0 Å². The molecule has 1 aromatic heterocycles. The average Bonchev–Trinajstić information content (AvgIpc) is 2.71. The number of carboxylic acids is 2. The number of imidazole rings is 1. The third-order valence-electron chi connectivity index (χ3n) is 1.49. The molecule has 1 aromatic rings. The van der Waals surface area contributed by atoms with Crippen molar-refractivity contribution in [1.82, 2.24) is 9.97 Å². The van der Waals surface area contributed by atoms with Gasteiger partial charge >= 0.3 is 11.9 Å². The summed E-state index contributed by atoms with van der Waals surface area (Å²) >= 11 is 0. The number of carboxylic acid groups (broad SMARTS) is 2. The topological polar surface area (TPSA) is 155 Å². The fraction of sp³-hybridized carbons (Fsp3) is 0.375. The Morgan fingerprint density at radius 2 is 1.79 bits per heavy atom. The molecule has 8 nitrogen and oxygen atoms in total. The van der Waals surface area contributed by atoms with E-state index in [-0.39, 0.29) is 50.2 Å². The molecule has 0 aliphatic heterocycles. The Morgan fingerprint density at radius 1 is 1.32 bits per heavy atom. The van der Waals surface area contributed by atoms with Gasteiger partial charge < -0.3 is 26.7 Å². The third kappa shape index (κ3) is 14.9. The first-order chi connectivity index (χ1) is 7.47. The molecule has 0 saturated heterocycles. The molecule has 0 fully saturated rings. The monoisotopic (exact) mass is 338 g/mol. The van der Waals surface area contributed by atoms with Crippen LogP contribution in [0.1, 0.15) is 5.69 Å². The Bertz CT molecular complexity index is 337. The van der Waals surface area contributed by atoms with Crippen molar-refractivity contribution in [3.63, 3.8) is 0 Å². The van der Waals surface area contributed by atoms with E-state index in [2.05, 4.69) is 15.7 Å². The molecular weight excluding hydrogens is 322 g/mol. The van der Waals surface area contributed by atoms with E-state index >= 15 is 0 Å². The van der Waals surface area contributed by atoms with Crippen LogP contribution >= 0.6 is 37.2 Å². The van der Waals surface area contributed by atoms with Crippen LogP contribution < -0.4 is 11.5 Å². The standard InChI is InChI=1S/C6H9N3O2.C2H5NO2.3ClH/c7-5(6(10)11)1-4-2-8-3-9-4;3-1-2(4)5;;;/h2-3,5H,1,7H2,(H,8,9)(H,10,11);1,3H2,(H,4,5);3*1H/t5-;;;;/m0..../s1. The van der Waals surface area contributed by atoms with Crippen LogP contribution in [0.15, 0.2) is 12.5 Å². The SMILES string of the molecule is Cl.Cl.Cl.NCC(=O)O.N[C@@H](Cc1cnc[nH]1)C(=O)O. The molecule has 1 heterocycles. The number of nitrogens with one attached hydrogen (secondary N) is 1. The van der Waals surface area contributed by atoms with Gasteiger partial charge in [-0.25, -0.2) is 4.98 Å². The minimum absolute atomic E-state index is 0. The second kappa shape index (κ2) is 15.0. The lowest BCUT2D eigenvalue weighted by Gasteiger charge is -2.02. The van der Waals surface area contributed by atoms with Crippen molar-refractivity contribution < 1.29 is 19.8 Å². The number of H-pyrrole nitrogens is 1. The average molecular weight is 340 g/mol. The Kier molecular flexibility index (Phi) is 20.9. The lowest BCUT2D eigenvalue weighted by Crippen LogP contribution is -2.32. The van der Waals surface area contributed by atoms with Crippen molar-refractivity contribution in [2.75, 3.05) is 6.54 Å². The molecule has 0 aliphatic carbocycles. The van der Waals surface area contributed by atoms with Gasteiger partial charge in [0.05, 0.1) is 12.9 Å².